The monoisotopic (exact) mass is 349 g/mol. The summed E-state index contributed by atoms with van der Waals surface area (Å²) in [4.78, 5) is 1.37. The van der Waals surface area contributed by atoms with E-state index in [-0.39, 0.29) is 0 Å². The lowest BCUT2D eigenvalue weighted by molar-refractivity contribution is 0.303. The fourth-order valence-corrected chi connectivity index (χ4v) is 4.67. The normalized spacial score (nSPS) is 19.1. The van der Waals surface area contributed by atoms with E-state index >= 15 is 0 Å². The second-order valence-electron chi connectivity index (χ2n) is 5.12. The summed E-state index contributed by atoms with van der Waals surface area (Å²) in [6, 6.07) is 2.60. The van der Waals surface area contributed by atoms with E-state index in [1.165, 1.54) is 43.4 Å². The summed E-state index contributed by atoms with van der Waals surface area (Å²) < 4.78 is 1.06. The van der Waals surface area contributed by atoms with Gasteiger partial charge in [0.05, 0.1) is 8.81 Å². The Labute approximate surface area is 127 Å². The Morgan fingerprint density at radius 2 is 2.17 bits per heavy atom. The highest BCUT2D eigenvalue weighted by molar-refractivity contribution is 9.11. The van der Waals surface area contributed by atoms with E-state index in [2.05, 4.69) is 34.2 Å². The molecular formula is C14H21BrClNS. The molecule has 1 nitrogen and oxygen atoms in total. The van der Waals surface area contributed by atoms with Crippen LogP contribution in [0.4, 0.5) is 0 Å². The first kappa shape index (κ1) is 14.8. The Hall–Kier alpha value is 0.430. The zero-order chi connectivity index (χ0) is 13.0. The van der Waals surface area contributed by atoms with E-state index in [4.69, 9.17) is 11.6 Å². The van der Waals surface area contributed by atoms with Gasteiger partial charge in [-0.2, -0.15) is 0 Å². The molecule has 1 aliphatic rings. The van der Waals surface area contributed by atoms with Crippen LogP contribution >= 0.6 is 38.9 Å². The Morgan fingerprint density at radius 1 is 1.44 bits per heavy atom. The number of thiophene rings is 1. The lowest BCUT2D eigenvalue weighted by Crippen LogP contribution is -2.23. The molecule has 4 heteroatoms. The summed E-state index contributed by atoms with van der Waals surface area (Å²) in [6.07, 6.45) is 8.33. The molecular weight excluding hydrogens is 330 g/mol. The molecule has 0 aromatic carbocycles. The maximum absolute atomic E-state index is 6.15. The average Bonchev–Trinajstić information content (AvgIpc) is 2.70. The highest BCUT2D eigenvalue weighted by Crippen LogP contribution is 2.39. The summed E-state index contributed by atoms with van der Waals surface area (Å²) in [7, 11) is 0. The second kappa shape index (κ2) is 7.28. The van der Waals surface area contributed by atoms with Crippen LogP contribution in [0.1, 0.15) is 56.4 Å². The Kier molecular flexibility index (Phi) is 5.99. The molecule has 0 spiro atoms. The fraction of sp³-hybridized carbons (Fsp3) is 0.714. The lowest BCUT2D eigenvalue weighted by atomic mass is 9.84. The van der Waals surface area contributed by atoms with Gasteiger partial charge in [0.2, 0.25) is 0 Å². The van der Waals surface area contributed by atoms with E-state index < -0.39 is 0 Å². The van der Waals surface area contributed by atoms with E-state index in [1.807, 2.05) is 0 Å². The minimum Gasteiger partial charge on any atom is -0.310 e. The number of nitrogens with one attached hydrogen (secondary N) is 1. The van der Waals surface area contributed by atoms with Crippen LogP contribution in [-0.4, -0.2) is 6.54 Å². The van der Waals surface area contributed by atoms with Gasteiger partial charge in [0.25, 0.3) is 0 Å². The molecule has 1 unspecified atom stereocenters. The molecule has 1 aromatic rings. The molecule has 1 fully saturated rings. The van der Waals surface area contributed by atoms with Gasteiger partial charge in [-0.3, -0.25) is 0 Å². The summed E-state index contributed by atoms with van der Waals surface area (Å²) in [5.74, 6) is 0.891. The van der Waals surface area contributed by atoms with Crippen molar-refractivity contribution < 1.29 is 0 Å². The van der Waals surface area contributed by atoms with Crippen molar-refractivity contribution in [2.24, 2.45) is 5.92 Å². The number of halogens is 2. The zero-order valence-corrected chi connectivity index (χ0v) is 14.0. The number of rotatable bonds is 5. The SMILES string of the molecule is CCNC(CC1CCCCC1)c1cc(Cl)c(Br)s1. The highest BCUT2D eigenvalue weighted by atomic mass is 79.9. The average molecular weight is 351 g/mol. The van der Waals surface area contributed by atoms with Gasteiger partial charge < -0.3 is 5.32 Å². The van der Waals surface area contributed by atoms with E-state index in [1.54, 1.807) is 11.3 Å². The summed E-state index contributed by atoms with van der Waals surface area (Å²) in [6.45, 7) is 3.20. The van der Waals surface area contributed by atoms with Gasteiger partial charge in [-0.15, -0.1) is 11.3 Å². The maximum Gasteiger partial charge on any atom is 0.0887 e. The van der Waals surface area contributed by atoms with E-state index in [9.17, 15) is 0 Å². The molecule has 0 amide bonds. The van der Waals surface area contributed by atoms with Crippen LogP contribution in [0.15, 0.2) is 9.85 Å². The predicted molar refractivity (Wildman–Crippen MR) is 84.6 cm³/mol. The molecule has 1 aliphatic carbocycles. The quantitative estimate of drug-likeness (QED) is 0.709. The second-order valence-corrected chi connectivity index (χ2v) is 7.93. The van der Waals surface area contributed by atoms with Crippen molar-refractivity contribution >= 4 is 38.9 Å². The topological polar surface area (TPSA) is 12.0 Å². The van der Waals surface area contributed by atoms with Crippen molar-refractivity contribution in [2.45, 2.75) is 51.5 Å². The van der Waals surface area contributed by atoms with Crippen LogP contribution in [0.2, 0.25) is 5.02 Å². The van der Waals surface area contributed by atoms with E-state index in [0.29, 0.717) is 6.04 Å². The van der Waals surface area contributed by atoms with Crippen LogP contribution < -0.4 is 5.32 Å². The Balaban J connectivity index is 2.02. The smallest absolute Gasteiger partial charge is 0.0887 e. The molecule has 1 saturated carbocycles. The van der Waals surface area contributed by atoms with Crippen molar-refractivity contribution in [1.29, 1.82) is 0 Å². The molecule has 102 valence electrons. The van der Waals surface area contributed by atoms with Crippen LogP contribution in [0, 0.1) is 5.92 Å². The van der Waals surface area contributed by atoms with Gasteiger partial charge in [-0.1, -0.05) is 50.6 Å². The summed E-state index contributed by atoms with van der Waals surface area (Å²) in [5, 5.41) is 4.47. The third-order valence-electron chi connectivity index (χ3n) is 3.75. The minimum absolute atomic E-state index is 0.479. The van der Waals surface area contributed by atoms with Crippen LogP contribution in [0.25, 0.3) is 0 Å². The molecule has 1 heterocycles. The van der Waals surface area contributed by atoms with Gasteiger partial charge >= 0.3 is 0 Å². The third-order valence-corrected chi connectivity index (χ3v) is 6.34. The van der Waals surface area contributed by atoms with Gasteiger partial charge in [-0.25, -0.2) is 0 Å². The van der Waals surface area contributed by atoms with Gasteiger partial charge in [0.1, 0.15) is 0 Å². The largest absolute Gasteiger partial charge is 0.310 e. The van der Waals surface area contributed by atoms with Crippen molar-refractivity contribution in [2.75, 3.05) is 6.54 Å². The molecule has 0 radical (unpaired) electrons. The molecule has 0 aliphatic heterocycles. The first-order valence-electron chi connectivity index (χ1n) is 6.88. The molecule has 1 N–H and O–H groups in total. The highest BCUT2D eigenvalue weighted by Gasteiger charge is 2.21. The minimum atomic E-state index is 0.479. The first-order valence-corrected chi connectivity index (χ1v) is 8.87. The Morgan fingerprint density at radius 3 is 2.72 bits per heavy atom. The first-order chi connectivity index (χ1) is 8.70. The van der Waals surface area contributed by atoms with Crippen molar-refractivity contribution in [3.05, 3.63) is 19.8 Å². The number of hydrogen-bond donors (Lipinski definition) is 1. The zero-order valence-electron chi connectivity index (χ0n) is 10.8. The molecule has 18 heavy (non-hydrogen) atoms. The van der Waals surface area contributed by atoms with Gasteiger partial charge in [0.15, 0.2) is 0 Å². The van der Waals surface area contributed by atoms with Crippen LogP contribution in [0.5, 0.6) is 0 Å². The van der Waals surface area contributed by atoms with Crippen molar-refractivity contribution in [3.63, 3.8) is 0 Å². The summed E-state index contributed by atoms with van der Waals surface area (Å²) in [5.41, 5.74) is 0. The molecule has 2 rings (SSSR count). The lowest BCUT2D eigenvalue weighted by Gasteiger charge is -2.26. The molecule has 0 saturated heterocycles. The van der Waals surface area contributed by atoms with Crippen molar-refractivity contribution in [3.8, 4) is 0 Å². The number of hydrogen-bond acceptors (Lipinski definition) is 2. The van der Waals surface area contributed by atoms with E-state index in [0.717, 1.165) is 21.3 Å². The third kappa shape index (κ3) is 3.96. The van der Waals surface area contributed by atoms with Crippen LogP contribution in [-0.2, 0) is 0 Å². The summed E-state index contributed by atoms with van der Waals surface area (Å²) >= 11 is 11.4. The maximum atomic E-state index is 6.15. The molecule has 1 atom stereocenters. The predicted octanol–water partition coefficient (Wildman–Crippen LogP) is 5.79. The van der Waals surface area contributed by atoms with Crippen molar-refractivity contribution in [1.82, 2.24) is 5.32 Å². The standard InChI is InChI=1S/C14H21BrClNS/c1-2-17-12(8-10-6-4-3-5-7-10)13-9-11(16)14(15)18-13/h9-10,12,17H,2-8H2,1H3. The van der Waals surface area contributed by atoms with Gasteiger partial charge in [-0.05, 0) is 40.9 Å². The Bertz CT molecular complexity index is 354. The molecule has 1 aromatic heterocycles. The molecule has 0 bridgehead atoms. The fourth-order valence-electron chi connectivity index (χ4n) is 2.84. The van der Waals surface area contributed by atoms with Gasteiger partial charge in [0, 0.05) is 10.9 Å². The van der Waals surface area contributed by atoms with Crippen LogP contribution in [0.3, 0.4) is 0 Å².